The third kappa shape index (κ3) is 4.88. The fourth-order valence-corrected chi connectivity index (χ4v) is 14.7. The Morgan fingerprint density at radius 1 is 0.759 bits per heavy atom. The van der Waals surface area contributed by atoms with Crippen molar-refractivity contribution in [3.05, 3.63) is 77.8 Å². The Labute approximate surface area is 229 Å². The van der Waals surface area contributed by atoms with Crippen LogP contribution < -0.4 is 0 Å². The minimum atomic E-state index is -4.33. The van der Waals surface area contributed by atoms with E-state index in [0.29, 0.717) is 0 Å². The van der Waals surface area contributed by atoms with Crippen LogP contribution in [0.15, 0.2) is 36.4 Å². The SMILES string of the molecule is O=[N+]([O-])c1cc(Cl)ccc1C(I)(I)S(=O)(=O)C(I)(I)c1ccc(Cl)cc1[N+](=O)[O-]. The van der Waals surface area contributed by atoms with E-state index in [0.717, 1.165) is 12.1 Å². The van der Waals surface area contributed by atoms with Crippen LogP contribution in [0.2, 0.25) is 10.0 Å². The van der Waals surface area contributed by atoms with E-state index in [1.807, 2.05) is 0 Å². The maximum Gasteiger partial charge on any atom is 0.277 e. The summed E-state index contributed by atoms with van der Waals surface area (Å²) in [6.07, 6.45) is 0. The predicted molar refractivity (Wildman–Crippen MR) is 145 cm³/mol. The van der Waals surface area contributed by atoms with E-state index in [9.17, 15) is 28.6 Å². The molecule has 0 bridgehead atoms. The molecule has 0 saturated carbocycles. The number of benzene rings is 2. The normalized spacial score (nSPS) is 12.6. The minimum Gasteiger partial charge on any atom is -0.258 e. The molecule has 2 aromatic rings. The molecular formula is C14H6Cl2I4N2O6S. The summed E-state index contributed by atoms with van der Waals surface area (Å²) < 4.78 is 23.6. The summed E-state index contributed by atoms with van der Waals surface area (Å²) in [6, 6.07) is 7.33. The summed E-state index contributed by atoms with van der Waals surface area (Å²) in [6.45, 7) is 0. The Morgan fingerprint density at radius 2 is 1.07 bits per heavy atom. The highest BCUT2D eigenvalue weighted by Gasteiger charge is 2.57. The van der Waals surface area contributed by atoms with Crippen LogP contribution in [0, 0.1) is 20.2 Å². The van der Waals surface area contributed by atoms with Crippen molar-refractivity contribution in [2.24, 2.45) is 0 Å². The second-order valence-corrected chi connectivity index (χ2v) is 22.0. The quantitative estimate of drug-likeness (QED) is 0.135. The molecule has 156 valence electrons. The van der Waals surface area contributed by atoms with Gasteiger partial charge in [0.15, 0.2) is 0 Å². The van der Waals surface area contributed by atoms with Gasteiger partial charge in [-0.1, -0.05) is 23.2 Å². The van der Waals surface area contributed by atoms with Crippen LogP contribution in [0.4, 0.5) is 11.4 Å². The van der Waals surface area contributed by atoms with E-state index in [-0.39, 0.29) is 21.2 Å². The molecule has 0 fully saturated rings. The number of nitro benzene ring substituents is 2. The molecule has 0 N–H and O–H groups in total. The van der Waals surface area contributed by atoms with E-state index in [1.54, 1.807) is 90.4 Å². The van der Waals surface area contributed by atoms with Crippen molar-refractivity contribution in [2.75, 3.05) is 0 Å². The summed E-state index contributed by atoms with van der Waals surface area (Å²) in [5.74, 6) is 0. The van der Waals surface area contributed by atoms with Crippen molar-refractivity contribution in [3.8, 4) is 0 Å². The van der Waals surface area contributed by atoms with Gasteiger partial charge in [-0.15, -0.1) is 0 Å². The summed E-state index contributed by atoms with van der Waals surface area (Å²) in [4.78, 5) is 21.5. The van der Waals surface area contributed by atoms with Crippen LogP contribution in [0.1, 0.15) is 11.1 Å². The Bertz CT molecular complexity index is 1050. The first-order valence-corrected chi connectivity index (χ1v) is 13.6. The molecule has 0 atom stereocenters. The van der Waals surface area contributed by atoms with E-state index < -0.39 is 32.6 Å². The third-order valence-electron chi connectivity index (χ3n) is 3.62. The number of nitrogens with zero attached hydrogens (tertiary/aromatic N) is 2. The number of alkyl halides is 4. The van der Waals surface area contributed by atoms with Crippen molar-refractivity contribution < 1.29 is 18.3 Å². The molecule has 0 aliphatic rings. The second kappa shape index (κ2) is 9.28. The van der Waals surface area contributed by atoms with Crippen LogP contribution in [-0.4, -0.2) is 18.3 Å². The highest BCUT2D eigenvalue weighted by atomic mass is 127. The van der Waals surface area contributed by atoms with Crippen LogP contribution in [0.5, 0.6) is 0 Å². The van der Waals surface area contributed by atoms with Gasteiger partial charge in [-0.3, -0.25) is 20.2 Å². The van der Waals surface area contributed by atoms with Crippen molar-refractivity contribution in [2.45, 2.75) is 1.52 Å². The fraction of sp³-hybridized carbons (Fsp3) is 0.143. The summed E-state index contributed by atoms with van der Waals surface area (Å²) in [5.41, 5.74) is -1.16. The Hall–Kier alpha value is 0.690. The van der Waals surface area contributed by atoms with Gasteiger partial charge in [0.05, 0.1) is 21.0 Å². The first-order valence-electron chi connectivity index (χ1n) is 7.03. The maximum absolute atomic E-state index is 13.7. The molecule has 0 aliphatic carbocycles. The average molecular weight is 909 g/mol. The first kappa shape index (κ1) is 25.9. The lowest BCUT2D eigenvalue weighted by molar-refractivity contribution is -0.385. The number of rotatable bonds is 6. The monoisotopic (exact) mass is 908 g/mol. The molecule has 0 unspecified atom stereocenters. The molecule has 0 spiro atoms. The van der Waals surface area contributed by atoms with Gasteiger partial charge in [-0.2, -0.15) is 0 Å². The van der Waals surface area contributed by atoms with E-state index in [4.69, 9.17) is 23.2 Å². The molecular weight excluding hydrogens is 903 g/mol. The number of hydrogen-bond donors (Lipinski definition) is 0. The summed E-state index contributed by atoms with van der Waals surface area (Å²) >= 11 is 18.0. The topological polar surface area (TPSA) is 120 Å². The summed E-state index contributed by atoms with van der Waals surface area (Å²) in [5, 5.41) is 23.1. The molecule has 0 radical (unpaired) electrons. The van der Waals surface area contributed by atoms with Gasteiger partial charge in [0.25, 0.3) is 11.4 Å². The van der Waals surface area contributed by atoms with Crippen molar-refractivity contribution in [1.29, 1.82) is 0 Å². The van der Waals surface area contributed by atoms with Gasteiger partial charge >= 0.3 is 0 Å². The number of halogens is 6. The molecule has 2 rings (SSSR count). The van der Waals surface area contributed by atoms with Crippen LogP contribution in [0.3, 0.4) is 0 Å². The lowest BCUT2D eigenvalue weighted by Crippen LogP contribution is -2.35. The van der Waals surface area contributed by atoms with Gasteiger partial charge < -0.3 is 0 Å². The van der Waals surface area contributed by atoms with Gasteiger partial charge in [0.2, 0.25) is 11.4 Å². The minimum absolute atomic E-state index is 0.0741. The second-order valence-electron chi connectivity index (χ2n) is 5.37. The molecule has 29 heavy (non-hydrogen) atoms. The van der Waals surface area contributed by atoms with Gasteiger partial charge in [0, 0.05) is 22.2 Å². The number of nitro groups is 2. The number of hydrogen-bond acceptors (Lipinski definition) is 6. The zero-order chi connectivity index (χ0) is 22.4. The van der Waals surface area contributed by atoms with Crippen molar-refractivity contribution in [3.63, 3.8) is 0 Å². The van der Waals surface area contributed by atoms with E-state index in [2.05, 4.69) is 0 Å². The molecule has 0 saturated heterocycles. The Kier molecular flexibility index (Phi) is 8.30. The Morgan fingerprint density at radius 3 is 1.34 bits per heavy atom. The fourth-order valence-electron chi connectivity index (χ4n) is 2.25. The standard InChI is InChI=1S/C14H6Cl2I4N2O6S/c15-7-1-3-9(11(5-7)21(23)24)13(17,18)29(27,28)14(19,20)10-4-2-8(16)6-12(10)22(25)26/h1-6H. The molecule has 15 heteroatoms. The van der Waals surface area contributed by atoms with Crippen LogP contribution in [0.25, 0.3) is 0 Å². The Balaban J connectivity index is 2.78. The van der Waals surface area contributed by atoms with Gasteiger partial charge in [0.1, 0.15) is 0 Å². The zero-order valence-corrected chi connectivity index (χ0v) is 24.4. The van der Waals surface area contributed by atoms with Crippen LogP contribution in [-0.2, 0) is 11.4 Å². The lowest BCUT2D eigenvalue weighted by atomic mass is 10.2. The molecule has 0 aliphatic heterocycles. The highest BCUT2D eigenvalue weighted by molar-refractivity contribution is 14.2. The molecule has 0 amide bonds. The number of sulfone groups is 1. The smallest absolute Gasteiger partial charge is 0.258 e. The predicted octanol–water partition coefficient (Wildman–Crippen LogP) is 6.89. The molecule has 0 aromatic heterocycles. The third-order valence-corrected chi connectivity index (χ3v) is 15.2. The van der Waals surface area contributed by atoms with E-state index in [1.165, 1.54) is 24.3 Å². The highest BCUT2D eigenvalue weighted by Crippen LogP contribution is 2.60. The lowest BCUT2D eigenvalue weighted by Gasteiger charge is -2.30. The van der Waals surface area contributed by atoms with Crippen molar-refractivity contribution in [1.82, 2.24) is 0 Å². The van der Waals surface area contributed by atoms with Crippen molar-refractivity contribution >= 4 is 135 Å². The zero-order valence-electron chi connectivity index (χ0n) is 13.5. The van der Waals surface area contributed by atoms with Gasteiger partial charge in [-0.25, -0.2) is 8.42 Å². The molecule has 0 heterocycles. The molecule has 2 aromatic carbocycles. The van der Waals surface area contributed by atoms with Gasteiger partial charge in [-0.05, 0) is 115 Å². The first-order chi connectivity index (χ1) is 13.1. The van der Waals surface area contributed by atoms with E-state index >= 15 is 0 Å². The van der Waals surface area contributed by atoms with Crippen LogP contribution >= 0.6 is 114 Å². The molecule has 8 nitrogen and oxygen atoms in total. The summed E-state index contributed by atoms with van der Waals surface area (Å²) in [7, 11) is -4.33. The average Bonchev–Trinajstić information content (AvgIpc) is 2.60. The largest absolute Gasteiger partial charge is 0.277 e. The maximum atomic E-state index is 13.7.